The van der Waals surface area contributed by atoms with Crippen LogP contribution in [0.3, 0.4) is 0 Å². The van der Waals surface area contributed by atoms with Crippen LogP contribution in [0.25, 0.3) is 0 Å². The molecule has 1 saturated heterocycles. The molecule has 3 unspecified atom stereocenters. The number of anilines is 1. The van der Waals surface area contributed by atoms with Gasteiger partial charge in [0.05, 0.1) is 6.10 Å². The van der Waals surface area contributed by atoms with Gasteiger partial charge in [0, 0.05) is 40.9 Å². The smallest absolute Gasteiger partial charge is 0.202 e. The Hall–Kier alpha value is -0.680. The van der Waals surface area contributed by atoms with E-state index in [0.717, 1.165) is 24.0 Å². The topological polar surface area (TPSA) is 47.0 Å². The molecular weight excluding hydrogens is 258 g/mol. The number of aromatic nitrogens is 2. The predicted molar refractivity (Wildman–Crippen MR) is 77.6 cm³/mol. The van der Waals surface area contributed by atoms with Crippen LogP contribution < -0.4 is 5.32 Å². The summed E-state index contributed by atoms with van der Waals surface area (Å²) in [5.74, 6) is 1.56. The molecule has 1 aromatic rings. The highest BCUT2D eigenvalue weighted by molar-refractivity contribution is 7.09. The maximum atomic E-state index is 5.82. The first kappa shape index (κ1) is 13.3. The van der Waals surface area contributed by atoms with Crippen molar-refractivity contribution in [3.63, 3.8) is 0 Å². The van der Waals surface area contributed by atoms with E-state index in [0.29, 0.717) is 18.1 Å². The Labute approximate surface area is 119 Å². The van der Waals surface area contributed by atoms with E-state index in [2.05, 4.69) is 49.3 Å². The van der Waals surface area contributed by atoms with E-state index in [-0.39, 0.29) is 10.8 Å². The van der Waals surface area contributed by atoms with Crippen molar-refractivity contribution < 1.29 is 4.74 Å². The van der Waals surface area contributed by atoms with E-state index in [1.165, 1.54) is 11.5 Å². The monoisotopic (exact) mass is 281 g/mol. The van der Waals surface area contributed by atoms with Gasteiger partial charge in [-0.3, -0.25) is 0 Å². The van der Waals surface area contributed by atoms with Gasteiger partial charge in [0.25, 0.3) is 0 Å². The van der Waals surface area contributed by atoms with E-state index >= 15 is 0 Å². The van der Waals surface area contributed by atoms with Gasteiger partial charge >= 0.3 is 0 Å². The predicted octanol–water partition coefficient (Wildman–Crippen LogP) is 3.06. The first-order valence-corrected chi connectivity index (χ1v) is 7.80. The second kappa shape index (κ2) is 4.16. The van der Waals surface area contributed by atoms with Gasteiger partial charge in [-0.1, -0.05) is 34.6 Å². The van der Waals surface area contributed by atoms with Crippen molar-refractivity contribution in [1.82, 2.24) is 9.36 Å². The molecule has 2 aliphatic rings. The van der Waals surface area contributed by atoms with Gasteiger partial charge in [0.2, 0.25) is 5.13 Å². The highest BCUT2D eigenvalue weighted by Crippen LogP contribution is 2.53. The molecular formula is C14H23N3OS. The van der Waals surface area contributed by atoms with Crippen LogP contribution in [0, 0.1) is 11.3 Å². The summed E-state index contributed by atoms with van der Waals surface area (Å²) in [6.07, 6.45) is 1.58. The Kier molecular flexibility index (Phi) is 2.91. The Bertz CT molecular complexity index is 477. The van der Waals surface area contributed by atoms with E-state index < -0.39 is 0 Å². The molecule has 1 N–H and O–H groups in total. The molecule has 1 saturated carbocycles. The van der Waals surface area contributed by atoms with Crippen molar-refractivity contribution in [1.29, 1.82) is 0 Å². The van der Waals surface area contributed by atoms with E-state index in [1.807, 2.05) is 0 Å². The molecule has 3 rings (SSSR count). The molecule has 5 heteroatoms. The summed E-state index contributed by atoms with van der Waals surface area (Å²) in [7, 11) is 0. The molecule has 3 atom stereocenters. The van der Waals surface area contributed by atoms with Gasteiger partial charge in [-0.05, 0) is 6.42 Å². The first-order valence-electron chi connectivity index (χ1n) is 7.02. The van der Waals surface area contributed by atoms with Crippen molar-refractivity contribution >= 4 is 16.7 Å². The molecule has 19 heavy (non-hydrogen) atoms. The van der Waals surface area contributed by atoms with Crippen molar-refractivity contribution in [2.45, 2.75) is 58.6 Å². The lowest BCUT2D eigenvalue weighted by Gasteiger charge is -2.54. The van der Waals surface area contributed by atoms with Crippen LogP contribution in [0.1, 0.15) is 46.9 Å². The summed E-state index contributed by atoms with van der Waals surface area (Å²) >= 11 is 1.48. The number of fused-ring (bicyclic) bond motifs is 1. The lowest BCUT2D eigenvalue weighted by atomic mass is 9.57. The number of nitrogens with one attached hydrogen (secondary N) is 1. The van der Waals surface area contributed by atoms with Crippen LogP contribution in [-0.2, 0) is 10.2 Å². The average Bonchev–Trinajstić information content (AvgIpc) is 2.93. The van der Waals surface area contributed by atoms with Crippen LogP contribution in [0.4, 0.5) is 5.13 Å². The van der Waals surface area contributed by atoms with Crippen LogP contribution in [0.5, 0.6) is 0 Å². The van der Waals surface area contributed by atoms with Gasteiger partial charge in [0.15, 0.2) is 0 Å². The zero-order chi connectivity index (χ0) is 13.8. The SMILES string of the molecule is CC(C)(C)c1nsc(NC2C3CCOC3C2(C)C)n1. The second-order valence-corrected chi connectivity index (χ2v) is 8.11. The van der Waals surface area contributed by atoms with E-state index in [9.17, 15) is 0 Å². The van der Waals surface area contributed by atoms with Crippen LogP contribution in [-0.4, -0.2) is 28.1 Å². The summed E-state index contributed by atoms with van der Waals surface area (Å²) in [6, 6.07) is 0.459. The fourth-order valence-electron chi connectivity index (χ4n) is 3.34. The minimum absolute atomic E-state index is 0.0184. The fourth-order valence-corrected chi connectivity index (χ4v) is 4.13. The fraction of sp³-hybridized carbons (Fsp3) is 0.857. The molecule has 1 aliphatic heterocycles. The third-order valence-corrected chi connectivity index (χ3v) is 5.12. The normalized spacial score (nSPS) is 32.8. The zero-order valence-electron chi connectivity index (χ0n) is 12.4. The number of hydrogen-bond acceptors (Lipinski definition) is 5. The Morgan fingerprint density at radius 2 is 2.11 bits per heavy atom. The minimum Gasteiger partial charge on any atom is -0.377 e. The Morgan fingerprint density at radius 3 is 2.74 bits per heavy atom. The van der Waals surface area contributed by atoms with Gasteiger partial charge in [-0.25, -0.2) is 4.98 Å². The van der Waals surface area contributed by atoms with Gasteiger partial charge in [-0.2, -0.15) is 4.37 Å². The van der Waals surface area contributed by atoms with E-state index in [1.54, 1.807) is 0 Å². The molecule has 0 spiro atoms. The van der Waals surface area contributed by atoms with Gasteiger partial charge in [-0.15, -0.1) is 0 Å². The minimum atomic E-state index is 0.0184. The van der Waals surface area contributed by atoms with E-state index in [4.69, 9.17) is 4.74 Å². The molecule has 106 valence electrons. The number of nitrogens with zero attached hydrogens (tertiary/aromatic N) is 2. The maximum Gasteiger partial charge on any atom is 0.202 e. The zero-order valence-corrected chi connectivity index (χ0v) is 13.2. The molecule has 0 bridgehead atoms. The summed E-state index contributed by atoms with van der Waals surface area (Å²) in [5.41, 5.74) is 0.208. The maximum absolute atomic E-state index is 5.82. The van der Waals surface area contributed by atoms with Gasteiger partial charge in [0.1, 0.15) is 5.82 Å². The number of hydrogen-bond donors (Lipinski definition) is 1. The standard InChI is InChI=1S/C14H23N3OS/c1-13(2,3)11-16-12(19-17-11)15-9-8-6-7-18-10(8)14(9,4)5/h8-10H,6-7H2,1-5H3,(H,15,16,17). The van der Waals surface area contributed by atoms with Crippen molar-refractivity contribution in [3.8, 4) is 0 Å². The van der Waals surface area contributed by atoms with Crippen molar-refractivity contribution in [2.24, 2.45) is 11.3 Å². The molecule has 2 fully saturated rings. The van der Waals surface area contributed by atoms with Crippen LogP contribution >= 0.6 is 11.5 Å². The highest BCUT2D eigenvalue weighted by Gasteiger charge is 2.59. The Morgan fingerprint density at radius 1 is 1.37 bits per heavy atom. The van der Waals surface area contributed by atoms with Crippen molar-refractivity contribution in [2.75, 3.05) is 11.9 Å². The highest BCUT2D eigenvalue weighted by atomic mass is 32.1. The molecule has 2 heterocycles. The number of rotatable bonds is 2. The van der Waals surface area contributed by atoms with Crippen molar-refractivity contribution in [3.05, 3.63) is 5.82 Å². The third kappa shape index (κ3) is 2.07. The lowest BCUT2D eigenvalue weighted by molar-refractivity contribution is -0.0923. The summed E-state index contributed by atoms with van der Waals surface area (Å²) < 4.78 is 10.3. The number of ether oxygens (including phenoxy) is 1. The average molecular weight is 281 g/mol. The molecule has 1 aromatic heterocycles. The lowest BCUT2D eigenvalue weighted by Crippen LogP contribution is -2.63. The Balaban J connectivity index is 1.74. The quantitative estimate of drug-likeness (QED) is 0.905. The third-order valence-electron chi connectivity index (χ3n) is 4.48. The first-order chi connectivity index (χ1) is 8.80. The van der Waals surface area contributed by atoms with Gasteiger partial charge < -0.3 is 10.1 Å². The second-order valence-electron chi connectivity index (χ2n) is 7.36. The molecule has 1 aliphatic carbocycles. The largest absolute Gasteiger partial charge is 0.377 e. The summed E-state index contributed by atoms with van der Waals surface area (Å²) in [4.78, 5) is 4.64. The molecule has 0 amide bonds. The molecule has 4 nitrogen and oxygen atoms in total. The summed E-state index contributed by atoms with van der Waals surface area (Å²) in [6.45, 7) is 11.9. The molecule has 0 aromatic carbocycles. The molecule has 0 radical (unpaired) electrons. The van der Waals surface area contributed by atoms with Crippen LogP contribution in [0.2, 0.25) is 0 Å². The summed E-state index contributed by atoms with van der Waals surface area (Å²) in [5, 5.41) is 4.55. The van der Waals surface area contributed by atoms with Crippen LogP contribution in [0.15, 0.2) is 0 Å².